The first-order chi connectivity index (χ1) is 9.19. The lowest BCUT2D eigenvalue weighted by Gasteiger charge is -2.27. The number of hydrogen-bond acceptors (Lipinski definition) is 3. The fraction of sp³-hybridized carbons (Fsp3) is 0.533. The van der Waals surface area contributed by atoms with Crippen LogP contribution in [0.25, 0.3) is 0 Å². The van der Waals surface area contributed by atoms with E-state index in [1.54, 1.807) is 0 Å². The van der Waals surface area contributed by atoms with Gasteiger partial charge in [0.05, 0.1) is 6.33 Å². The summed E-state index contributed by atoms with van der Waals surface area (Å²) in [5.74, 6) is 0. The van der Waals surface area contributed by atoms with E-state index < -0.39 is 0 Å². The van der Waals surface area contributed by atoms with E-state index in [-0.39, 0.29) is 5.41 Å². The molecule has 2 aromatic rings. The van der Waals surface area contributed by atoms with Gasteiger partial charge >= 0.3 is 0 Å². The lowest BCUT2D eigenvalue weighted by molar-refractivity contribution is 0.437. The molecule has 1 N–H and O–H groups in total. The minimum Gasteiger partial charge on any atom is -0.331 e. The van der Waals surface area contributed by atoms with Crippen molar-refractivity contribution in [2.24, 2.45) is 0 Å². The van der Waals surface area contributed by atoms with Crippen LogP contribution < -0.4 is 5.32 Å². The van der Waals surface area contributed by atoms with Gasteiger partial charge in [0, 0.05) is 41.2 Å². The van der Waals surface area contributed by atoms with Crippen molar-refractivity contribution in [3.63, 3.8) is 0 Å². The first-order valence-corrected chi connectivity index (χ1v) is 7.82. The highest BCUT2D eigenvalue weighted by Crippen LogP contribution is 2.32. The van der Waals surface area contributed by atoms with Gasteiger partial charge in [0.1, 0.15) is 0 Å². The van der Waals surface area contributed by atoms with Gasteiger partial charge in [0.2, 0.25) is 0 Å². The highest BCUT2D eigenvalue weighted by atomic mass is 32.1. The van der Waals surface area contributed by atoms with Gasteiger partial charge in [-0.25, -0.2) is 4.98 Å². The SMILES string of the molecule is CC(Cc1cccs1)n1cncc1C1(C)CCNC1. The largest absolute Gasteiger partial charge is 0.331 e. The van der Waals surface area contributed by atoms with Crippen molar-refractivity contribution in [1.82, 2.24) is 14.9 Å². The predicted octanol–water partition coefficient (Wildman–Crippen LogP) is 3.00. The van der Waals surface area contributed by atoms with Crippen LogP contribution in [0.4, 0.5) is 0 Å². The molecule has 1 aliphatic rings. The quantitative estimate of drug-likeness (QED) is 0.929. The van der Waals surface area contributed by atoms with Crippen LogP contribution in [0, 0.1) is 0 Å². The Hall–Kier alpha value is -1.13. The van der Waals surface area contributed by atoms with Gasteiger partial charge in [-0.1, -0.05) is 13.0 Å². The van der Waals surface area contributed by atoms with E-state index in [1.807, 2.05) is 17.7 Å². The summed E-state index contributed by atoms with van der Waals surface area (Å²) in [7, 11) is 0. The molecule has 102 valence electrons. The number of aromatic nitrogens is 2. The van der Waals surface area contributed by atoms with Crippen LogP contribution in [0.2, 0.25) is 0 Å². The van der Waals surface area contributed by atoms with Gasteiger partial charge in [-0.15, -0.1) is 11.3 Å². The van der Waals surface area contributed by atoms with E-state index in [2.05, 4.69) is 52.4 Å². The molecule has 0 aliphatic carbocycles. The minimum atomic E-state index is 0.236. The average molecular weight is 275 g/mol. The molecule has 0 saturated carbocycles. The molecule has 0 spiro atoms. The zero-order valence-electron chi connectivity index (χ0n) is 11.6. The summed E-state index contributed by atoms with van der Waals surface area (Å²) in [4.78, 5) is 5.85. The Morgan fingerprint density at radius 3 is 3.16 bits per heavy atom. The van der Waals surface area contributed by atoms with Crippen LogP contribution >= 0.6 is 11.3 Å². The van der Waals surface area contributed by atoms with Gasteiger partial charge in [-0.05, 0) is 31.3 Å². The Kier molecular flexibility index (Phi) is 3.46. The first kappa shape index (κ1) is 12.9. The summed E-state index contributed by atoms with van der Waals surface area (Å²) in [5, 5.41) is 5.63. The molecular weight excluding hydrogens is 254 g/mol. The van der Waals surface area contributed by atoms with Gasteiger partial charge in [0.15, 0.2) is 0 Å². The molecule has 1 aliphatic heterocycles. The molecule has 2 atom stereocenters. The molecule has 4 heteroatoms. The van der Waals surface area contributed by atoms with Gasteiger partial charge in [0.25, 0.3) is 0 Å². The maximum atomic E-state index is 4.40. The summed E-state index contributed by atoms with van der Waals surface area (Å²) in [6.07, 6.45) is 6.34. The second kappa shape index (κ2) is 5.10. The third-order valence-electron chi connectivity index (χ3n) is 4.20. The third-order valence-corrected chi connectivity index (χ3v) is 5.10. The molecule has 0 amide bonds. The van der Waals surface area contributed by atoms with Crippen LogP contribution in [-0.4, -0.2) is 22.6 Å². The highest BCUT2D eigenvalue weighted by Gasteiger charge is 2.34. The van der Waals surface area contributed by atoms with Crippen molar-refractivity contribution in [1.29, 1.82) is 0 Å². The van der Waals surface area contributed by atoms with E-state index in [4.69, 9.17) is 0 Å². The molecule has 3 heterocycles. The maximum absolute atomic E-state index is 4.40. The number of thiophene rings is 1. The van der Waals surface area contributed by atoms with Crippen LogP contribution in [0.15, 0.2) is 30.0 Å². The van der Waals surface area contributed by atoms with Crippen LogP contribution in [0.5, 0.6) is 0 Å². The van der Waals surface area contributed by atoms with Crippen molar-refractivity contribution in [3.8, 4) is 0 Å². The van der Waals surface area contributed by atoms with Crippen molar-refractivity contribution in [2.75, 3.05) is 13.1 Å². The summed E-state index contributed by atoms with van der Waals surface area (Å²) in [5.41, 5.74) is 1.61. The molecule has 1 saturated heterocycles. The zero-order chi connectivity index (χ0) is 13.3. The number of imidazole rings is 1. The topological polar surface area (TPSA) is 29.9 Å². The average Bonchev–Trinajstić information content (AvgIpc) is 3.08. The number of nitrogens with one attached hydrogen (secondary N) is 1. The first-order valence-electron chi connectivity index (χ1n) is 6.94. The predicted molar refractivity (Wildman–Crippen MR) is 79.8 cm³/mol. The highest BCUT2D eigenvalue weighted by molar-refractivity contribution is 7.09. The smallest absolute Gasteiger partial charge is 0.0951 e. The zero-order valence-corrected chi connectivity index (χ0v) is 12.4. The van der Waals surface area contributed by atoms with Crippen molar-refractivity contribution >= 4 is 11.3 Å². The second-order valence-electron chi connectivity index (χ2n) is 5.81. The van der Waals surface area contributed by atoms with Crippen LogP contribution in [0.1, 0.15) is 36.9 Å². The standard InChI is InChI=1S/C15H21N3S/c1-12(8-13-4-3-7-19-13)18-11-17-9-14(18)15(2)5-6-16-10-15/h3-4,7,9,11-12,16H,5-6,8,10H2,1-2H3. The summed E-state index contributed by atoms with van der Waals surface area (Å²) >= 11 is 1.84. The number of hydrogen-bond donors (Lipinski definition) is 1. The third kappa shape index (κ3) is 2.47. The van der Waals surface area contributed by atoms with Crippen molar-refractivity contribution in [2.45, 2.75) is 38.1 Å². The van der Waals surface area contributed by atoms with E-state index in [1.165, 1.54) is 17.0 Å². The Labute approximate surface area is 118 Å². The fourth-order valence-electron chi connectivity index (χ4n) is 2.98. The summed E-state index contributed by atoms with van der Waals surface area (Å²) in [6, 6.07) is 4.81. The monoisotopic (exact) mass is 275 g/mol. The molecule has 19 heavy (non-hydrogen) atoms. The lowest BCUT2D eigenvalue weighted by Crippen LogP contribution is -2.29. The van der Waals surface area contributed by atoms with Crippen molar-refractivity contribution < 1.29 is 0 Å². The van der Waals surface area contributed by atoms with Crippen LogP contribution in [0.3, 0.4) is 0 Å². The maximum Gasteiger partial charge on any atom is 0.0951 e. The van der Waals surface area contributed by atoms with E-state index in [0.717, 1.165) is 19.5 Å². The molecule has 0 bridgehead atoms. The van der Waals surface area contributed by atoms with E-state index in [0.29, 0.717) is 6.04 Å². The minimum absolute atomic E-state index is 0.236. The Morgan fingerprint density at radius 2 is 2.47 bits per heavy atom. The molecular formula is C15H21N3S. The van der Waals surface area contributed by atoms with Gasteiger partial charge < -0.3 is 9.88 Å². The molecule has 2 aromatic heterocycles. The fourth-order valence-corrected chi connectivity index (χ4v) is 3.80. The van der Waals surface area contributed by atoms with E-state index >= 15 is 0 Å². The second-order valence-corrected chi connectivity index (χ2v) is 6.84. The molecule has 0 aromatic carbocycles. The molecule has 0 radical (unpaired) electrons. The van der Waals surface area contributed by atoms with E-state index in [9.17, 15) is 0 Å². The Bertz CT molecular complexity index is 523. The Balaban J connectivity index is 1.83. The van der Waals surface area contributed by atoms with Crippen LogP contribution in [-0.2, 0) is 11.8 Å². The number of rotatable bonds is 4. The van der Waals surface area contributed by atoms with Gasteiger partial charge in [-0.3, -0.25) is 0 Å². The lowest BCUT2D eigenvalue weighted by atomic mass is 9.86. The normalized spacial score (nSPS) is 24.7. The molecule has 3 rings (SSSR count). The van der Waals surface area contributed by atoms with Gasteiger partial charge in [-0.2, -0.15) is 0 Å². The van der Waals surface area contributed by atoms with Crippen molar-refractivity contribution in [3.05, 3.63) is 40.6 Å². The summed E-state index contributed by atoms with van der Waals surface area (Å²) < 4.78 is 2.37. The number of nitrogens with zero attached hydrogens (tertiary/aromatic N) is 2. The molecule has 1 fully saturated rings. The molecule has 3 nitrogen and oxygen atoms in total. The summed E-state index contributed by atoms with van der Waals surface area (Å²) in [6.45, 7) is 6.81. The Morgan fingerprint density at radius 1 is 1.58 bits per heavy atom. The molecule has 2 unspecified atom stereocenters.